The highest BCUT2D eigenvalue weighted by Crippen LogP contribution is 2.36. The molecule has 1 nitrogen and oxygen atoms in total. The Labute approximate surface area is 100.0 Å². The molecular formula is C13H15BrO. The summed E-state index contributed by atoms with van der Waals surface area (Å²) >= 11 is 3.46. The molecule has 0 saturated heterocycles. The molecule has 80 valence electrons. The Morgan fingerprint density at radius 2 is 1.93 bits per heavy atom. The van der Waals surface area contributed by atoms with Crippen LogP contribution in [0.1, 0.15) is 31.9 Å². The lowest BCUT2D eigenvalue weighted by Crippen LogP contribution is -2.13. The predicted molar refractivity (Wildman–Crippen MR) is 67.3 cm³/mol. The Balaban J connectivity index is 3.51. The summed E-state index contributed by atoms with van der Waals surface area (Å²) in [6.45, 7) is 6.41. The van der Waals surface area contributed by atoms with Crippen molar-refractivity contribution in [1.82, 2.24) is 0 Å². The average molecular weight is 267 g/mol. The summed E-state index contributed by atoms with van der Waals surface area (Å²) in [4.78, 5) is 0. The number of methoxy groups -OCH3 is 1. The zero-order chi connectivity index (χ0) is 11.6. The van der Waals surface area contributed by atoms with Crippen molar-refractivity contribution in [2.75, 3.05) is 7.11 Å². The van der Waals surface area contributed by atoms with Crippen LogP contribution in [0.25, 0.3) is 0 Å². The molecule has 0 N–H and O–H groups in total. The van der Waals surface area contributed by atoms with E-state index in [1.54, 1.807) is 7.11 Å². The smallest absolute Gasteiger partial charge is 0.138 e. The lowest BCUT2D eigenvalue weighted by atomic mass is 9.85. The van der Waals surface area contributed by atoms with E-state index in [-0.39, 0.29) is 5.41 Å². The maximum absolute atomic E-state index is 5.46. The Kier molecular flexibility index (Phi) is 3.46. The summed E-state index contributed by atoms with van der Waals surface area (Å²) in [6, 6.07) is 3.95. The largest absolute Gasteiger partial charge is 0.495 e. The highest BCUT2D eigenvalue weighted by Gasteiger charge is 2.21. The maximum Gasteiger partial charge on any atom is 0.138 e. The molecule has 1 aromatic rings. The minimum atomic E-state index is 0.0146. The topological polar surface area (TPSA) is 9.23 Å². The van der Waals surface area contributed by atoms with Gasteiger partial charge in [-0.3, -0.25) is 0 Å². The van der Waals surface area contributed by atoms with E-state index >= 15 is 0 Å². The van der Waals surface area contributed by atoms with Crippen LogP contribution in [0.4, 0.5) is 0 Å². The van der Waals surface area contributed by atoms with Gasteiger partial charge in [0.2, 0.25) is 0 Å². The molecular weight excluding hydrogens is 252 g/mol. The molecule has 0 spiro atoms. The van der Waals surface area contributed by atoms with E-state index < -0.39 is 0 Å². The predicted octanol–water partition coefficient (Wildman–Crippen LogP) is 3.74. The number of hydrogen-bond acceptors (Lipinski definition) is 1. The second-order valence-electron chi connectivity index (χ2n) is 4.43. The monoisotopic (exact) mass is 266 g/mol. The minimum Gasteiger partial charge on any atom is -0.495 e. The van der Waals surface area contributed by atoms with Gasteiger partial charge in [-0.25, -0.2) is 0 Å². The first-order chi connectivity index (χ1) is 6.90. The van der Waals surface area contributed by atoms with E-state index in [4.69, 9.17) is 11.2 Å². The molecule has 0 atom stereocenters. The molecule has 0 fully saturated rings. The molecule has 0 radical (unpaired) electrons. The van der Waals surface area contributed by atoms with E-state index in [0.29, 0.717) is 0 Å². The Hall–Kier alpha value is -0.940. The van der Waals surface area contributed by atoms with Crippen molar-refractivity contribution in [2.24, 2.45) is 0 Å². The lowest BCUT2D eigenvalue weighted by molar-refractivity contribution is 0.396. The number of benzene rings is 1. The summed E-state index contributed by atoms with van der Waals surface area (Å²) < 4.78 is 6.37. The van der Waals surface area contributed by atoms with Gasteiger partial charge in [0.25, 0.3) is 0 Å². The Bertz CT molecular complexity index is 408. The van der Waals surface area contributed by atoms with Crippen LogP contribution < -0.4 is 4.74 Å². The van der Waals surface area contributed by atoms with Crippen molar-refractivity contribution in [3.63, 3.8) is 0 Å². The fourth-order valence-corrected chi connectivity index (χ4v) is 1.94. The number of hydrogen-bond donors (Lipinski definition) is 0. The second kappa shape index (κ2) is 4.28. The van der Waals surface area contributed by atoms with Crippen LogP contribution in [-0.2, 0) is 5.41 Å². The standard InChI is InChI=1S/C13H15BrO/c1-6-9-7-10(14)8-11(12(9)15-5)13(2,3)4/h1,7-8H,2-5H3. The third kappa shape index (κ3) is 2.54. The molecule has 0 aromatic heterocycles. The highest BCUT2D eigenvalue weighted by atomic mass is 79.9. The van der Waals surface area contributed by atoms with E-state index in [1.165, 1.54) is 0 Å². The fourth-order valence-electron chi connectivity index (χ4n) is 1.48. The molecule has 0 saturated carbocycles. The molecule has 1 aromatic carbocycles. The van der Waals surface area contributed by atoms with E-state index in [1.807, 2.05) is 6.07 Å². The van der Waals surface area contributed by atoms with Crippen molar-refractivity contribution in [3.8, 4) is 18.1 Å². The molecule has 0 unspecified atom stereocenters. The minimum absolute atomic E-state index is 0.0146. The SMILES string of the molecule is C#Cc1cc(Br)cc(C(C)(C)C)c1OC. The average Bonchev–Trinajstić information content (AvgIpc) is 2.15. The van der Waals surface area contributed by atoms with Gasteiger partial charge in [-0.15, -0.1) is 6.42 Å². The van der Waals surface area contributed by atoms with Crippen LogP contribution in [0.3, 0.4) is 0 Å². The van der Waals surface area contributed by atoms with Crippen molar-refractivity contribution >= 4 is 15.9 Å². The van der Waals surface area contributed by atoms with Gasteiger partial charge in [0.1, 0.15) is 5.75 Å². The Morgan fingerprint density at radius 3 is 2.33 bits per heavy atom. The maximum atomic E-state index is 5.46. The summed E-state index contributed by atoms with van der Waals surface area (Å²) in [5.74, 6) is 3.44. The van der Waals surface area contributed by atoms with Crippen LogP contribution in [0.15, 0.2) is 16.6 Å². The van der Waals surface area contributed by atoms with Gasteiger partial charge in [-0.05, 0) is 17.5 Å². The summed E-state index contributed by atoms with van der Waals surface area (Å²) in [7, 11) is 1.65. The molecule has 1 rings (SSSR count). The highest BCUT2D eigenvalue weighted by molar-refractivity contribution is 9.10. The molecule has 0 aliphatic carbocycles. The van der Waals surface area contributed by atoms with Gasteiger partial charge in [0.15, 0.2) is 0 Å². The van der Waals surface area contributed by atoms with Crippen LogP contribution in [0.5, 0.6) is 5.75 Å². The number of terminal acetylenes is 1. The molecule has 0 amide bonds. The summed E-state index contributed by atoms with van der Waals surface area (Å²) in [6.07, 6.45) is 5.46. The Morgan fingerprint density at radius 1 is 1.33 bits per heavy atom. The zero-order valence-electron chi connectivity index (χ0n) is 9.52. The molecule has 0 heterocycles. The number of halogens is 1. The van der Waals surface area contributed by atoms with Gasteiger partial charge in [-0.1, -0.05) is 42.6 Å². The lowest BCUT2D eigenvalue weighted by Gasteiger charge is -2.23. The second-order valence-corrected chi connectivity index (χ2v) is 5.34. The van der Waals surface area contributed by atoms with Crippen LogP contribution in [0, 0.1) is 12.3 Å². The fraction of sp³-hybridized carbons (Fsp3) is 0.385. The van der Waals surface area contributed by atoms with Gasteiger partial charge >= 0.3 is 0 Å². The molecule has 0 aliphatic heterocycles. The van der Waals surface area contributed by atoms with Crippen LogP contribution in [-0.4, -0.2) is 7.11 Å². The van der Waals surface area contributed by atoms with Gasteiger partial charge in [-0.2, -0.15) is 0 Å². The first kappa shape index (κ1) is 12.1. The molecule has 0 bridgehead atoms. The molecule has 0 aliphatic rings. The normalized spacial score (nSPS) is 10.9. The van der Waals surface area contributed by atoms with E-state index in [0.717, 1.165) is 21.3 Å². The number of ether oxygens (including phenoxy) is 1. The molecule has 15 heavy (non-hydrogen) atoms. The third-order valence-corrected chi connectivity index (χ3v) is 2.68. The van der Waals surface area contributed by atoms with E-state index in [9.17, 15) is 0 Å². The first-order valence-corrected chi connectivity index (χ1v) is 5.54. The summed E-state index contributed by atoms with van der Waals surface area (Å²) in [5.41, 5.74) is 1.92. The zero-order valence-corrected chi connectivity index (χ0v) is 11.1. The van der Waals surface area contributed by atoms with E-state index in [2.05, 4.69) is 48.7 Å². The summed E-state index contributed by atoms with van der Waals surface area (Å²) in [5, 5.41) is 0. The van der Waals surface area contributed by atoms with Crippen molar-refractivity contribution in [2.45, 2.75) is 26.2 Å². The quantitative estimate of drug-likeness (QED) is 0.704. The van der Waals surface area contributed by atoms with Gasteiger partial charge in [0, 0.05) is 10.0 Å². The van der Waals surface area contributed by atoms with Gasteiger partial charge in [0.05, 0.1) is 12.7 Å². The van der Waals surface area contributed by atoms with Crippen molar-refractivity contribution in [1.29, 1.82) is 0 Å². The number of rotatable bonds is 1. The van der Waals surface area contributed by atoms with Gasteiger partial charge < -0.3 is 4.74 Å². The van der Waals surface area contributed by atoms with Crippen molar-refractivity contribution in [3.05, 3.63) is 27.7 Å². The third-order valence-electron chi connectivity index (χ3n) is 2.22. The van der Waals surface area contributed by atoms with Crippen molar-refractivity contribution < 1.29 is 4.74 Å². The first-order valence-electron chi connectivity index (χ1n) is 4.74. The molecule has 2 heteroatoms. The van der Waals surface area contributed by atoms with Crippen LogP contribution in [0.2, 0.25) is 0 Å². The van der Waals surface area contributed by atoms with Crippen LogP contribution >= 0.6 is 15.9 Å².